The minimum absolute atomic E-state index is 0.0240. The van der Waals surface area contributed by atoms with E-state index in [2.05, 4.69) is 20.1 Å². The lowest BCUT2D eigenvalue weighted by Crippen LogP contribution is -1.96. The molecule has 0 radical (unpaired) electrons. The third-order valence-electron chi connectivity index (χ3n) is 0.393. The summed E-state index contributed by atoms with van der Waals surface area (Å²) in [5.41, 5.74) is 0.0240. The normalized spacial score (nSPS) is 11.8. The van der Waals surface area contributed by atoms with Crippen LogP contribution in [0.2, 0.25) is 0 Å². The van der Waals surface area contributed by atoms with Crippen molar-refractivity contribution < 1.29 is 12.6 Å². The van der Waals surface area contributed by atoms with Crippen LogP contribution in [0.4, 0.5) is 0 Å². The molecule has 0 saturated carbocycles. The molecule has 50 valence electrons. The van der Waals surface area contributed by atoms with Gasteiger partial charge in [-0.2, -0.15) is 8.42 Å². The first-order valence-electron chi connectivity index (χ1n) is 1.63. The van der Waals surface area contributed by atoms with Gasteiger partial charge in [0.2, 0.25) is 0 Å². The molecule has 0 heterocycles. The van der Waals surface area contributed by atoms with Gasteiger partial charge in [-0.25, -0.2) is 0 Å². The highest BCUT2D eigenvalue weighted by Crippen LogP contribution is 2.09. The molecule has 0 rings (SSSR count). The van der Waals surface area contributed by atoms with Crippen molar-refractivity contribution in [2.24, 2.45) is 0 Å². The summed E-state index contributed by atoms with van der Waals surface area (Å²) in [7, 11) is -2.63. The van der Waals surface area contributed by atoms with Crippen molar-refractivity contribution in [3.05, 3.63) is 0 Å². The molecule has 0 amide bonds. The van der Waals surface area contributed by atoms with Gasteiger partial charge in [-0.1, -0.05) is 15.9 Å². The maximum Gasteiger partial charge on any atom is 0.322 e. The van der Waals surface area contributed by atoms with E-state index in [9.17, 15) is 8.42 Å². The van der Waals surface area contributed by atoms with E-state index in [4.69, 9.17) is 0 Å². The highest BCUT2D eigenvalue weighted by atomic mass is 79.9. The quantitative estimate of drug-likeness (QED) is 0.526. The van der Waals surface area contributed by atoms with Crippen molar-refractivity contribution in [1.29, 1.82) is 0 Å². The van der Waals surface area contributed by atoms with Crippen LogP contribution in [-0.4, -0.2) is 20.2 Å². The minimum atomic E-state index is -3.30. The number of halogens is 1. The van der Waals surface area contributed by atoms with Crippen molar-refractivity contribution in [1.82, 2.24) is 0 Å². The molecule has 0 aliphatic rings. The molecule has 6 heteroatoms. The van der Waals surface area contributed by atoms with Crippen LogP contribution in [0.25, 0.3) is 0 Å². The van der Waals surface area contributed by atoms with Gasteiger partial charge in [0, 0.05) is 0 Å². The predicted molar refractivity (Wildman–Crippen MR) is 37.3 cm³/mol. The Kier molecular flexibility index (Phi) is 4.05. The van der Waals surface area contributed by atoms with Crippen LogP contribution in [-0.2, 0) is 13.3 Å². The minimum Gasteiger partial charge on any atom is -0.250 e. The second kappa shape index (κ2) is 3.71. The van der Waals surface area contributed by atoms with Gasteiger partial charge in [0.15, 0.2) is 0 Å². The van der Waals surface area contributed by atoms with Gasteiger partial charge < -0.3 is 0 Å². The molecule has 0 bridgehead atoms. The molecule has 0 aromatic carbocycles. The molecule has 0 atom stereocenters. The second-order valence-corrected chi connectivity index (χ2v) is 4.87. The van der Waals surface area contributed by atoms with Crippen molar-refractivity contribution >= 4 is 35.9 Å². The fraction of sp³-hybridized carbons (Fsp3) is 1.00. The van der Waals surface area contributed by atoms with Crippen molar-refractivity contribution in [3.8, 4) is 0 Å². The standard InChI is InChI=1S/C2H5BrO3S2/c1-7-8(4,5)6-2-3/h2H2,1H3. The number of hydrogen-bond acceptors (Lipinski definition) is 4. The maximum atomic E-state index is 10.3. The Morgan fingerprint density at radius 2 is 2.25 bits per heavy atom. The van der Waals surface area contributed by atoms with E-state index in [1.807, 2.05) is 0 Å². The number of hydrogen-bond donors (Lipinski definition) is 0. The van der Waals surface area contributed by atoms with Gasteiger partial charge in [0.1, 0.15) is 5.52 Å². The highest BCUT2D eigenvalue weighted by molar-refractivity contribution is 9.09. The molecular weight excluding hydrogens is 216 g/mol. The van der Waals surface area contributed by atoms with Gasteiger partial charge in [-0.05, 0) is 17.0 Å². The van der Waals surface area contributed by atoms with Crippen LogP contribution in [0.15, 0.2) is 0 Å². The summed E-state index contributed by atoms with van der Waals surface area (Å²) in [4.78, 5) is 0. The van der Waals surface area contributed by atoms with Gasteiger partial charge >= 0.3 is 9.15 Å². The molecule has 8 heavy (non-hydrogen) atoms. The average molecular weight is 221 g/mol. The second-order valence-electron chi connectivity index (χ2n) is 0.802. The molecule has 0 saturated heterocycles. The van der Waals surface area contributed by atoms with E-state index in [0.717, 1.165) is 0 Å². The highest BCUT2D eigenvalue weighted by Gasteiger charge is 2.04. The lowest BCUT2D eigenvalue weighted by molar-refractivity contribution is 0.400. The first kappa shape index (κ1) is 8.74. The molecule has 0 aliphatic carbocycles. The zero-order valence-electron chi connectivity index (χ0n) is 4.13. The lowest BCUT2D eigenvalue weighted by Gasteiger charge is -1.93. The molecule has 0 aromatic rings. The summed E-state index contributed by atoms with van der Waals surface area (Å²) in [5, 5.41) is 0. The van der Waals surface area contributed by atoms with E-state index < -0.39 is 9.15 Å². The van der Waals surface area contributed by atoms with E-state index in [0.29, 0.717) is 10.8 Å². The molecule has 3 nitrogen and oxygen atoms in total. The van der Waals surface area contributed by atoms with Gasteiger partial charge in [0.25, 0.3) is 0 Å². The number of alkyl halides is 1. The summed E-state index contributed by atoms with van der Waals surface area (Å²) < 4.78 is 24.9. The van der Waals surface area contributed by atoms with E-state index in [1.165, 1.54) is 6.26 Å². The first-order chi connectivity index (χ1) is 3.62. The topological polar surface area (TPSA) is 43.4 Å². The third kappa shape index (κ3) is 3.71. The summed E-state index contributed by atoms with van der Waals surface area (Å²) in [5.74, 6) is 0. The SMILES string of the molecule is CSS(=O)(=O)OCBr. The summed E-state index contributed by atoms with van der Waals surface area (Å²) in [6.07, 6.45) is 1.44. The number of rotatable bonds is 3. The largest absolute Gasteiger partial charge is 0.322 e. The Bertz CT molecular complexity index is 139. The summed E-state index contributed by atoms with van der Waals surface area (Å²) >= 11 is 2.81. The molecule has 0 aliphatic heterocycles. The van der Waals surface area contributed by atoms with Crippen molar-refractivity contribution in [3.63, 3.8) is 0 Å². The van der Waals surface area contributed by atoms with Gasteiger partial charge in [-0.3, -0.25) is 4.18 Å². The molecule has 0 N–H and O–H groups in total. The van der Waals surface area contributed by atoms with E-state index in [1.54, 1.807) is 0 Å². The Morgan fingerprint density at radius 1 is 1.75 bits per heavy atom. The van der Waals surface area contributed by atoms with Crippen molar-refractivity contribution in [2.45, 2.75) is 0 Å². The van der Waals surface area contributed by atoms with Crippen LogP contribution in [0.3, 0.4) is 0 Å². The molecule has 0 fully saturated rings. The fourth-order valence-corrected chi connectivity index (χ4v) is 1.85. The molecular formula is C2H5BrO3S2. The van der Waals surface area contributed by atoms with Gasteiger partial charge in [-0.15, -0.1) is 0 Å². The van der Waals surface area contributed by atoms with Crippen LogP contribution in [0.5, 0.6) is 0 Å². The van der Waals surface area contributed by atoms with Crippen LogP contribution in [0.1, 0.15) is 0 Å². The lowest BCUT2D eigenvalue weighted by atomic mass is 11.8. The van der Waals surface area contributed by atoms with Crippen molar-refractivity contribution in [2.75, 3.05) is 11.8 Å². The summed E-state index contributed by atoms with van der Waals surface area (Å²) in [6.45, 7) is 0. The Labute approximate surface area is 60.4 Å². The van der Waals surface area contributed by atoms with E-state index >= 15 is 0 Å². The smallest absolute Gasteiger partial charge is 0.250 e. The van der Waals surface area contributed by atoms with E-state index in [-0.39, 0.29) is 5.52 Å². The Hall–Kier alpha value is 0.740. The zero-order valence-corrected chi connectivity index (χ0v) is 7.35. The van der Waals surface area contributed by atoms with Crippen LogP contribution in [0, 0.1) is 0 Å². The van der Waals surface area contributed by atoms with Crippen LogP contribution >= 0.6 is 26.7 Å². The van der Waals surface area contributed by atoms with Gasteiger partial charge in [0.05, 0.1) is 0 Å². The first-order valence-corrected chi connectivity index (χ1v) is 5.90. The molecule has 0 aromatic heterocycles. The molecule has 0 unspecified atom stereocenters. The monoisotopic (exact) mass is 220 g/mol. The van der Waals surface area contributed by atoms with Crippen LogP contribution < -0.4 is 0 Å². The average Bonchev–Trinajstić information content (AvgIpc) is 1.67. The Morgan fingerprint density at radius 3 is 2.38 bits per heavy atom. The maximum absolute atomic E-state index is 10.3. The summed E-state index contributed by atoms with van der Waals surface area (Å²) in [6, 6.07) is 0. The predicted octanol–water partition coefficient (Wildman–Crippen LogP) is 0.963. The Balaban J connectivity index is 3.76. The molecule has 0 spiro atoms. The zero-order chi connectivity index (χ0) is 6.62. The fourth-order valence-electron chi connectivity index (χ4n) is 0.103. The third-order valence-corrected chi connectivity index (χ3v) is 3.25.